The summed E-state index contributed by atoms with van der Waals surface area (Å²) >= 11 is 1.90. The molecular weight excluding hydrogens is 430 g/mol. The Morgan fingerprint density at radius 2 is 1.76 bits per heavy atom. The second kappa shape index (κ2) is 9.14. The molecule has 1 saturated heterocycles. The molecule has 4 heterocycles. The lowest BCUT2D eigenvalue weighted by atomic mass is 9.88. The third kappa shape index (κ3) is 4.51. The zero-order chi connectivity index (χ0) is 23.2. The number of fused-ring (bicyclic) bond motifs is 3. The molecule has 1 amide bonds. The molecule has 0 aromatic carbocycles. The minimum atomic E-state index is -0.323. The molecule has 2 fully saturated rings. The summed E-state index contributed by atoms with van der Waals surface area (Å²) < 4.78 is 0. The van der Waals surface area contributed by atoms with Crippen molar-refractivity contribution in [2.24, 2.45) is 5.41 Å². The van der Waals surface area contributed by atoms with E-state index < -0.39 is 0 Å². The second-order valence-electron chi connectivity index (χ2n) is 11.1. The molecule has 0 N–H and O–H groups in total. The number of rotatable bonds is 3. The summed E-state index contributed by atoms with van der Waals surface area (Å²) in [6, 6.07) is 0. The summed E-state index contributed by atoms with van der Waals surface area (Å²) in [4.78, 5) is 33.0. The van der Waals surface area contributed by atoms with E-state index >= 15 is 0 Å². The fourth-order valence-corrected chi connectivity index (χ4v) is 6.95. The lowest BCUT2D eigenvalue weighted by molar-refractivity contribution is -0.139. The molecule has 2 aliphatic heterocycles. The first-order valence-electron chi connectivity index (χ1n) is 12.9. The van der Waals surface area contributed by atoms with Gasteiger partial charge >= 0.3 is 0 Å². The average Bonchev–Trinajstić information content (AvgIpc) is 3.20. The van der Waals surface area contributed by atoms with Gasteiger partial charge in [-0.2, -0.15) is 0 Å². The molecular formula is C26H39N5OS. The normalized spacial score (nSPS) is 21.0. The smallest absolute Gasteiger partial charge is 0.228 e. The summed E-state index contributed by atoms with van der Waals surface area (Å²) in [7, 11) is 0. The van der Waals surface area contributed by atoms with Crippen LogP contribution in [-0.4, -0.2) is 64.9 Å². The lowest BCUT2D eigenvalue weighted by Crippen LogP contribution is -2.52. The number of likely N-dealkylation sites (N-methyl/N-ethyl adjacent to an activating group) is 1. The minimum Gasteiger partial charge on any atom is -0.352 e. The van der Waals surface area contributed by atoms with E-state index in [1.54, 1.807) is 0 Å². The van der Waals surface area contributed by atoms with Crippen molar-refractivity contribution in [3.05, 3.63) is 16.3 Å². The van der Waals surface area contributed by atoms with Crippen LogP contribution in [0.15, 0.2) is 0 Å². The number of aromatic nitrogens is 2. The van der Waals surface area contributed by atoms with Gasteiger partial charge in [-0.3, -0.25) is 9.69 Å². The summed E-state index contributed by atoms with van der Waals surface area (Å²) in [5.41, 5.74) is 1.16. The van der Waals surface area contributed by atoms with E-state index in [1.807, 2.05) is 37.0 Å². The SMILES string of the molecule is CCN1CCc2c(sc3nc(C4CCCCC4)nc(N4CCN(C(=O)C(C)(C)C)CC4)c23)C1. The molecule has 33 heavy (non-hydrogen) atoms. The molecule has 2 aromatic rings. The molecule has 1 saturated carbocycles. The Morgan fingerprint density at radius 1 is 1.03 bits per heavy atom. The Kier molecular flexibility index (Phi) is 6.38. The number of hydrogen-bond donors (Lipinski definition) is 0. The molecule has 7 heteroatoms. The summed E-state index contributed by atoms with van der Waals surface area (Å²) in [5, 5.41) is 1.31. The van der Waals surface area contributed by atoms with Gasteiger partial charge in [0.2, 0.25) is 5.91 Å². The van der Waals surface area contributed by atoms with Crippen molar-refractivity contribution in [3.63, 3.8) is 0 Å². The van der Waals surface area contributed by atoms with Crippen molar-refractivity contribution in [1.82, 2.24) is 19.8 Å². The van der Waals surface area contributed by atoms with Crippen molar-refractivity contribution >= 4 is 33.3 Å². The van der Waals surface area contributed by atoms with Crippen LogP contribution in [0.5, 0.6) is 0 Å². The van der Waals surface area contributed by atoms with Gasteiger partial charge in [0.25, 0.3) is 0 Å². The number of piperazine rings is 1. The Labute approximate surface area is 202 Å². The van der Waals surface area contributed by atoms with Crippen LogP contribution in [0.1, 0.15) is 82.0 Å². The Balaban J connectivity index is 1.50. The maximum atomic E-state index is 12.8. The number of anilines is 1. The molecule has 5 rings (SSSR count). The first kappa shape index (κ1) is 23.0. The fraction of sp³-hybridized carbons (Fsp3) is 0.731. The van der Waals surface area contributed by atoms with Gasteiger partial charge in [0.1, 0.15) is 16.5 Å². The van der Waals surface area contributed by atoms with E-state index in [0.717, 1.165) is 63.9 Å². The molecule has 6 nitrogen and oxygen atoms in total. The van der Waals surface area contributed by atoms with Crippen molar-refractivity contribution in [1.29, 1.82) is 0 Å². The van der Waals surface area contributed by atoms with E-state index in [9.17, 15) is 4.79 Å². The molecule has 1 aliphatic carbocycles. The van der Waals surface area contributed by atoms with Crippen LogP contribution in [0.4, 0.5) is 5.82 Å². The number of thiophene rings is 1. The number of amides is 1. The van der Waals surface area contributed by atoms with E-state index in [0.29, 0.717) is 5.92 Å². The number of nitrogens with zero attached hydrogens (tertiary/aromatic N) is 5. The zero-order valence-corrected chi connectivity index (χ0v) is 21.6. The quantitative estimate of drug-likeness (QED) is 0.646. The van der Waals surface area contributed by atoms with Crippen LogP contribution >= 0.6 is 11.3 Å². The highest BCUT2D eigenvalue weighted by Crippen LogP contribution is 2.41. The molecule has 180 valence electrons. The van der Waals surface area contributed by atoms with Crippen LogP contribution in [0, 0.1) is 5.41 Å². The van der Waals surface area contributed by atoms with E-state index in [1.165, 1.54) is 52.8 Å². The number of carbonyl (C=O) groups is 1. The molecule has 0 unspecified atom stereocenters. The first-order chi connectivity index (χ1) is 15.8. The highest BCUT2D eigenvalue weighted by Gasteiger charge is 2.32. The van der Waals surface area contributed by atoms with Crippen LogP contribution in [0.2, 0.25) is 0 Å². The van der Waals surface area contributed by atoms with Gasteiger partial charge in [-0.05, 0) is 31.4 Å². The first-order valence-corrected chi connectivity index (χ1v) is 13.8. The van der Waals surface area contributed by atoms with E-state index in [-0.39, 0.29) is 11.3 Å². The molecule has 0 spiro atoms. The predicted octanol–water partition coefficient (Wildman–Crippen LogP) is 4.81. The van der Waals surface area contributed by atoms with Crippen LogP contribution < -0.4 is 4.90 Å². The lowest BCUT2D eigenvalue weighted by Gasteiger charge is -2.38. The second-order valence-corrected chi connectivity index (χ2v) is 12.2. The van der Waals surface area contributed by atoms with Crippen molar-refractivity contribution < 1.29 is 4.79 Å². The maximum absolute atomic E-state index is 12.8. The van der Waals surface area contributed by atoms with E-state index in [4.69, 9.17) is 9.97 Å². The zero-order valence-electron chi connectivity index (χ0n) is 20.8. The highest BCUT2D eigenvalue weighted by molar-refractivity contribution is 7.19. The van der Waals surface area contributed by atoms with Crippen LogP contribution in [-0.2, 0) is 17.8 Å². The summed E-state index contributed by atoms with van der Waals surface area (Å²) in [6.07, 6.45) is 7.45. The van der Waals surface area contributed by atoms with Gasteiger partial charge in [0.05, 0.1) is 5.39 Å². The Bertz CT molecular complexity index is 1010. The van der Waals surface area contributed by atoms with E-state index in [2.05, 4.69) is 16.7 Å². The largest absolute Gasteiger partial charge is 0.352 e. The highest BCUT2D eigenvalue weighted by atomic mass is 32.1. The van der Waals surface area contributed by atoms with Gasteiger partial charge in [0, 0.05) is 55.5 Å². The molecule has 0 radical (unpaired) electrons. The van der Waals surface area contributed by atoms with Crippen molar-refractivity contribution in [2.45, 2.75) is 78.7 Å². The third-order valence-corrected chi connectivity index (χ3v) is 8.81. The predicted molar refractivity (Wildman–Crippen MR) is 136 cm³/mol. The maximum Gasteiger partial charge on any atom is 0.228 e. The van der Waals surface area contributed by atoms with Crippen LogP contribution in [0.3, 0.4) is 0 Å². The van der Waals surface area contributed by atoms with Gasteiger partial charge < -0.3 is 9.80 Å². The topological polar surface area (TPSA) is 52.6 Å². The van der Waals surface area contributed by atoms with Gasteiger partial charge in [0.15, 0.2) is 0 Å². The van der Waals surface area contributed by atoms with Crippen LogP contribution in [0.25, 0.3) is 10.2 Å². The number of carbonyl (C=O) groups excluding carboxylic acids is 1. The van der Waals surface area contributed by atoms with Crippen molar-refractivity contribution in [2.75, 3.05) is 44.2 Å². The van der Waals surface area contributed by atoms with Gasteiger partial charge in [-0.1, -0.05) is 47.0 Å². The average molecular weight is 470 g/mol. The standard InChI is InChI=1S/C26H39N5OS/c1-5-29-12-11-19-20(17-29)33-24-21(19)23(27-22(28-24)18-9-7-6-8-10-18)30-13-15-31(16-14-30)25(32)26(2,3)4/h18H,5-17H2,1-4H3. The molecule has 0 atom stereocenters. The molecule has 0 bridgehead atoms. The monoisotopic (exact) mass is 469 g/mol. The number of hydrogen-bond acceptors (Lipinski definition) is 6. The van der Waals surface area contributed by atoms with Gasteiger partial charge in [-0.25, -0.2) is 9.97 Å². The fourth-order valence-electron chi connectivity index (χ4n) is 5.68. The van der Waals surface area contributed by atoms with Gasteiger partial charge in [-0.15, -0.1) is 11.3 Å². The Morgan fingerprint density at radius 3 is 2.42 bits per heavy atom. The summed E-state index contributed by atoms with van der Waals surface area (Å²) in [5.74, 6) is 2.96. The van der Waals surface area contributed by atoms with Crippen molar-refractivity contribution in [3.8, 4) is 0 Å². The molecule has 2 aromatic heterocycles. The minimum absolute atomic E-state index is 0.255. The molecule has 3 aliphatic rings. The summed E-state index contributed by atoms with van der Waals surface area (Å²) in [6.45, 7) is 14.8. The Hall–Kier alpha value is -1.73. The third-order valence-electron chi connectivity index (χ3n) is 7.70.